The fraction of sp³-hybridized carbons (Fsp3) is 0.636. The third-order valence-corrected chi connectivity index (χ3v) is 7.00. The highest BCUT2D eigenvalue weighted by molar-refractivity contribution is 5.53. The van der Waals surface area contributed by atoms with Crippen molar-refractivity contribution in [3.8, 4) is 17.2 Å². The first-order valence-electron chi connectivity index (χ1n) is 9.51. The number of ether oxygens (including phenoxy) is 1. The van der Waals surface area contributed by atoms with Crippen molar-refractivity contribution < 1.29 is 14.9 Å². The molecule has 0 heterocycles. The van der Waals surface area contributed by atoms with Crippen LogP contribution in [-0.4, -0.2) is 17.3 Å². The Bertz CT molecular complexity index is 701. The van der Waals surface area contributed by atoms with E-state index in [9.17, 15) is 10.2 Å². The van der Waals surface area contributed by atoms with E-state index < -0.39 is 0 Å². The zero-order valence-electron chi connectivity index (χ0n) is 16.3. The molecule has 0 unspecified atom stereocenters. The minimum absolute atomic E-state index is 0.0101. The Morgan fingerprint density at radius 3 is 2.52 bits per heavy atom. The molecule has 0 saturated heterocycles. The van der Waals surface area contributed by atoms with Crippen LogP contribution in [0.15, 0.2) is 23.3 Å². The summed E-state index contributed by atoms with van der Waals surface area (Å²) in [5.41, 5.74) is 4.23. The molecule has 0 saturated carbocycles. The monoisotopic (exact) mass is 344 g/mol. The van der Waals surface area contributed by atoms with Crippen molar-refractivity contribution in [2.75, 3.05) is 7.11 Å². The van der Waals surface area contributed by atoms with E-state index in [0.29, 0.717) is 18.1 Å². The molecule has 25 heavy (non-hydrogen) atoms. The van der Waals surface area contributed by atoms with E-state index in [1.807, 2.05) is 0 Å². The van der Waals surface area contributed by atoms with Gasteiger partial charge in [0.2, 0.25) is 0 Å². The second kappa shape index (κ2) is 6.26. The molecule has 3 nitrogen and oxygen atoms in total. The number of hydrogen-bond acceptors (Lipinski definition) is 3. The SMILES string of the molecule is COc1ccc(O)c(O)c1C[C@@]1(C)C2=C(CC[C@@H]1C)C(C)(C)CCC2. The van der Waals surface area contributed by atoms with Crippen LogP contribution in [0, 0.1) is 16.7 Å². The summed E-state index contributed by atoms with van der Waals surface area (Å²) in [4.78, 5) is 0. The summed E-state index contributed by atoms with van der Waals surface area (Å²) in [7, 11) is 1.62. The van der Waals surface area contributed by atoms with E-state index in [4.69, 9.17) is 4.74 Å². The molecule has 3 rings (SSSR count). The lowest BCUT2D eigenvalue weighted by atomic mass is 9.55. The number of rotatable bonds is 3. The van der Waals surface area contributed by atoms with Crippen LogP contribution in [0.5, 0.6) is 17.2 Å². The van der Waals surface area contributed by atoms with Crippen molar-refractivity contribution in [3.05, 3.63) is 28.8 Å². The lowest BCUT2D eigenvalue weighted by Crippen LogP contribution is -2.39. The van der Waals surface area contributed by atoms with Gasteiger partial charge in [0.05, 0.1) is 7.11 Å². The van der Waals surface area contributed by atoms with Crippen molar-refractivity contribution in [3.63, 3.8) is 0 Å². The van der Waals surface area contributed by atoms with Gasteiger partial charge in [-0.3, -0.25) is 0 Å². The largest absolute Gasteiger partial charge is 0.504 e. The molecule has 138 valence electrons. The van der Waals surface area contributed by atoms with Crippen molar-refractivity contribution in [1.29, 1.82) is 0 Å². The third kappa shape index (κ3) is 2.92. The summed E-state index contributed by atoms with van der Waals surface area (Å²) in [5, 5.41) is 20.5. The Kier molecular flexibility index (Phi) is 4.55. The molecule has 3 heteroatoms. The van der Waals surface area contributed by atoms with Crippen LogP contribution in [0.4, 0.5) is 0 Å². The summed E-state index contributed by atoms with van der Waals surface area (Å²) in [6, 6.07) is 3.25. The van der Waals surface area contributed by atoms with Gasteiger partial charge in [-0.15, -0.1) is 0 Å². The fourth-order valence-electron chi connectivity index (χ4n) is 5.13. The molecular weight excluding hydrogens is 312 g/mol. The van der Waals surface area contributed by atoms with Crippen LogP contribution in [0.1, 0.15) is 65.4 Å². The Hall–Kier alpha value is -1.64. The Labute approximate surface area is 151 Å². The second-order valence-corrected chi connectivity index (χ2v) is 8.84. The predicted molar refractivity (Wildman–Crippen MR) is 101 cm³/mol. The minimum atomic E-state index is -0.0685. The van der Waals surface area contributed by atoms with Gasteiger partial charge in [0, 0.05) is 5.56 Å². The predicted octanol–water partition coefficient (Wildman–Crippen LogP) is 5.59. The molecule has 2 aliphatic rings. The molecule has 2 atom stereocenters. The summed E-state index contributed by atoms with van der Waals surface area (Å²) in [6.07, 6.45) is 6.73. The Morgan fingerprint density at radius 2 is 1.84 bits per heavy atom. The van der Waals surface area contributed by atoms with Crippen LogP contribution in [0.3, 0.4) is 0 Å². The van der Waals surface area contributed by atoms with Gasteiger partial charge in [-0.1, -0.05) is 38.8 Å². The number of methoxy groups -OCH3 is 1. The maximum absolute atomic E-state index is 10.5. The van der Waals surface area contributed by atoms with Gasteiger partial charge in [-0.2, -0.15) is 0 Å². The summed E-state index contributed by atoms with van der Waals surface area (Å²) in [5.74, 6) is 1.09. The van der Waals surface area contributed by atoms with Gasteiger partial charge in [-0.25, -0.2) is 0 Å². The highest BCUT2D eigenvalue weighted by Gasteiger charge is 2.45. The van der Waals surface area contributed by atoms with Crippen LogP contribution in [0.2, 0.25) is 0 Å². The fourth-order valence-corrected chi connectivity index (χ4v) is 5.13. The number of hydrogen-bond donors (Lipinski definition) is 2. The number of phenolic OH excluding ortho intramolecular Hbond substituents is 2. The highest BCUT2D eigenvalue weighted by atomic mass is 16.5. The maximum atomic E-state index is 10.5. The smallest absolute Gasteiger partial charge is 0.164 e. The van der Waals surface area contributed by atoms with E-state index in [0.717, 1.165) is 12.0 Å². The molecule has 0 aromatic heterocycles. The summed E-state index contributed by atoms with van der Waals surface area (Å²) < 4.78 is 5.49. The van der Waals surface area contributed by atoms with Crippen molar-refractivity contribution in [1.82, 2.24) is 0 Å². The minimum Gasteiger partial charge on any atom is -0.504 e. The number of allylic oxidation sites excluding steroid dienone is 2. The molecule has 0 amide bonds. The zero-order chi connectivity index (χ0) is 18.4. The Balaban J connectivity index is 2.10. The van der Waals surface area contributed by atoms with Gasteiger partial charge >= 0.3 is 0 Å². The molecule has 0 radical (unpaired) electrons. The summed E-state index contributed by atoms with van der Waals surface area (Å²) in [6.45, 7) is 9.43. The molecular formula is C22H32O3. The van der Waals surface area contributed by atoms with Gasteiger partial charge < -0.3 is 14.9 Å². The van der Waals surface area contributed by atoms with Crippen LogP contribution in [0.25, 0.3) is 0 Å². The number of phenols is 2. The van der Waals surface area contributed by atoms with E-state index in [2.05, 4.69) is 27.7 Å². The first kappa shape index (κ1) is 18.2. The molecule has 0 aliphatic heterocycles. The van der Waals surface area contributed by atoms with Crippen molar-refractivity contribution in [2.45, 2.75) is 66.2 Å². The van der Waals surface area contributed by atoms with Gasteiger partial charge in [-0.05, 0) is 67.4 Å². The van der Waals surface area contributed by atoms with Crippen molar-refractivity contribution >= 4 is 0 Å². The lowest BCUT2D eigenvalue weighted by molar-refractivity contribution is 0.177. The first-order valence-corrected chi connectivity index (χ1v) is 9.51. The van der Waals surface area contributed by atoms with Gasteiger partial charge in [0.1, 0.15) is 5.75 Å². The average Bonchev–Trinajstić information content (AvgIpc) is 2.56. The number of aromatic hydroxyl groups is 2. The lowest BCUT2D eigenvalue weighted by Gasteiger charge is -2.50. The molecule has 0 fully saturated rings. The van der Waals surface area contributed by atoms with E-state index in [1.165, 1.54) is 31.7 Å². The van der Waals surface area contributed by atoms with Crippen molar-refractivity contribution in [2.24, 2.45) is 16.7 Å². The molecule has 0 spiro atoms. The van der Waals surface area contributed by atoms with Gasteiger partial charge in [0.25, 0.3) is 0 Å². The molecule has 2 aliphatic carbocycles. The van der Waals surface area contributed by atoms with Crippen LogP contribution < -0.4 is 4.74 Å². The quantitative estimate of drug-likeness (QED) is 0.555. The summed E-state index contributed by atoms with van der Waals surface area (Å²) >= 11 is 0. The zero-order valence-corrected chi connectivity index (χ0v) is 16.3. The van der Waals surface area contributed by atoms with E-state index in [1.54, 1.807) is 24.3 Å². The van der Waals surface area contributed by atoms with Gasteiger partial charge in [0.15, 0.2) is 11.5 Å². The highest BCUT2D eigenvalue weighted by Crippen LogP contribution is 2.57. The topological polar surface area (TPSA) is 49.7 Å². The normalized spacial score (nSPS) is 28.6. The third-order valence-electron chi connectivity index (χ3n) is 7.00. The molecule has 2 N–H and O–H groups in total. The molecule has 1 aromatic carbocycles. The number of benzene rings is 1. The second-order valence-electron chi connectivity index (χ2n) is 8.84. The average molecular weight is 344 g/mol. The van der Waals surface area contributed by atoms with E-state index >= 15 is 0 Å². The van der Waals surface area contributed by atoms with Crippen LogP contribution in [-0.2, 0) is 6.42 Å². The standard InChI is InChI=1S/C22H32O3/c1-14-8-9-16-17(7-6-12-21(16,2)3)22(14,4)13-15-19(25-5)11-10-18(23)20(15)24/h10-11,14,23-24H,6-9,12-13H2,1-5H3/t14-,22+/m0/s1. The Morgan fingerprint density at radius 1 is 1.12 bits per heavy atom. The molecule has 0 bridgehead atoms. The first-order chi connectivity index (χ1) is 11.7. The molecule has 1 aromatic rings. The van der Waals surface area contributed by atoms with E-state index in [-0.39, 0.29) is 22.3 Å². The van der Waals surface area contributed by atoms with Crippen LogP contribution >= 0.6 is 0 Å². The maximum Gasteiger partial charge on any atom is 0.164 e.